The molecule has 0 saturated heterocycles. The van der Waals surface area contributed by atoms with Crippen molar-refractivity contribution in [2.24, 2.45) is 0 Å². The lowest BCUT2D eigenvalue weighted by Gasteiger charge is -2.19. The average Bonchev–Trinajstić information content (AvgIpc) is 2.02. The molecule has 0 unspecified atom stereocenters. The maximum Gasteiger partial charge on any atom is 0.0740 e. The Balaban J connectivity index is 2.44. The summed E-state index contributed by atoms with van der Waals surface area (Å²) in [6.07, 6.45) is 3.38. The second-order valence-corrected chi connectivity index (χ2v) is 3.65. The van der Waals surface area contributed by atoms with Crippen molar-refractivity contribution in [3.63, 3.8) is 0 Å². The average molecular weight is 166 g/mol. The van der Waals surface area contributed by atoms with Crippen molar-refractivity contribution in [1.82, 2.24) is 10.2 Å². The van der Waals surface area contributed by atoms with Gasteiger partial charge in [-0.2, -0.15) is 10.2 Å². The molecule has 0 amide bonds. The predicted molar refractivity (Wildman–Crippen MR) is 46.6 cm³/mol. The van der Waals surface area contributed by atoms with Crippen LogP contribution in [0.3, 0.4) is 0 Å². The molecule has 3 nitrogen and oxygen atoms in total. The van der Waals surface area contributed by atoms with Crippen molar-refractivity contribution in [3.8, 4) is 0 Å². The topological polar surface area (TPSA) is 35.0 Å². The summed E-state index contributed by atoms with van der Waals surface area (Å²) in [4.78, 5) is 0. The van der Waals surface area contributed by atoms with E-state index in [1.165, 1.54) is 0 Å². The maximum atomic E-state index is 5.55. The number of rotatable bonds is 2. The number of hydrogen-bond acceptors (Lipinski definition) is 3. The standard InChI is InChI=1S/C9H14N2O/c1-9(2,3)12-7-8-4-5-10-11-6-8/h4-6H,7H2,1-3H3. The quantitative estimate of drug-likeness (QED) is 0.671. The molecule has 0 radical (unpaired) electrons. The van der Waals surface area contributed by atoms with Crippen molar-refractivity contribution in [2.45, 2.75) is 33.0 Å². The van der Waals surface area contributed by atoms with E-state index < -0.39 is 0 Å². The van der Waals surface area contributed by atoms with Crippen molar-refractivity contribution >= 4 is 0 Å². The molecule has 0 aliphatic rings. The molecule has 0 aliphatic carbocycles. The van der Waals surface area contributed by atoms with Crippen LogP contribution in [-0.4, -0.2) is 15.8 Å². The van der Waals surface area contributed by atoms with Gasteiger partial charge in [0, 0.05) is 6.20 Å². The van der Waals surface area contributed by atoms with E-state index in [1.807, 2.05) is 26.8 Å². The lowest BCUT2D eigenvalue weighted by molar-refractivity contribution is -0.0151. The second-order valence-electron chi connectivity index (χ2n) is 3.65. The highest BCUT2D eigenvalue weighted by Gasteiger charge is 2.09. The van der Waals surface area contributed by atoms with E-state index in [2.05, 4.69) is 10.2 Å². The normalized spacial score (nSPS) is 11.6. The van der Waals surface area contributed by atoms with E-state index in [-0.39, 0.29) is 5.60 Å². The third-order valence-electron chi connectivity index (χ3n) is 1.32. The molecule has 0 atom stereocenters. The van der Waals surface area contributed by atoms with E-state index in [1.54, 1.807) is 12.4 Å². The van der Waals surface area contributed by atoms with Crippen molar-refractivity contribution in [1.29, 1.82) is 0 Å². The zero-order chi connectivity index (χ0) is 9.03. The van der Waals surface area contributed by atoms with E-state index in [4.69, 9.17) is 4.74 Å². The summed E-state index contributed by atoms with van der Waals surface area (Å²) >= 11 is 0. The fraction of sp³-hybridized carbons (Fsp3) is 0.556. The summed E-state index contributed by atoms with van der Waals surface area (Å²) in [6, 6.07) is 1.90. The SMILES string of the molecule is CC(C)(C)OCc1ccnnc1. The predicted octanol–water partition coefficient (Wildman–Crippen LogP) is 1.79. The van der Waals surface area contributed by atoms with Gasteiger partial charge >= 0.3 is 0 Å². The number of nitrogens with zero attached hydrogens (tertiary/aromatic N) is 2. The fourth-order valence-electron chi connectivity index (χ4n) is 0.703. The first-order valence-electron chi connectivity index (χ1n) is 3.97. The third-order valence-corrected chi connectivity index (χ3v) is 1.32. The molecular weight excluding hydrogens is 152 g/mol. The maximum absolute atomic E-state index is 5.55. The molecule has 1 aromatic rings. The first-order chi connectivity index (χ1) is 5.58. The van der Waals surface area contributed by atoms with Gasteiger partial charge in [-0.25, -0.2) is 0 Å². The van der Waals surface area contributed by atoms with Crippen molar-refractivity contribution < 1.29 is 4.74 Å². The lowest BCUT2D eigenvalue weighted by atomic mass is 10.2. The highest BCUT2D eigenvalue weighted by molar-refractivity contribution is 5.03. The number of hydrogen-bond donors (Lipinski definition) is 0. The molecule has 1 aromatic heterocycles. The zero-order valence-electron chi connectivity index (χ0n) is 7.74. The van der Waals surface area contributed by atoms with Crippen LogP contribution in [0.5, 0.6) is 0 Å². The van der Waals surface area contributed by atoms with Gasteiger partial charge in [-0.05, 0) is 32.4 Å². The van der Waals surface area contributed by atoms with Gasteiger partial charge in [-0.1, -0.05) is 0 Å². The summed E-state index contributed by atoms with van der Waals surface area (Å²) in [5.74, 6) is 0. The molecule has 0 fully saturated rings. The summed E-state index contributed by atoms with van der Waals surface area (Å²) < 4.78 is 5.55. The van der Waals surface area contributed by atoms with Crippen LogP contribution in [0.4, 0.5) is 0 Å². The van der Waals surface area contributed by atoms with E-state index >= 15 is 0 Å². The highest BCUT2D eigenvalue weighted by Crippen LogP contribution is 2.10. The van der Waals surface area contributed by atoms with Gasteiger partial charge in [0.1, 0.15) is 0 Å². The van der Waals surface area contributed by atoms with E-state index in [0.29, 0.717) is 6.61 Å². The Morgan fingerprint density at radius 1 is 1.33 bits per heavy atom. The van der Waals surface area contributed by atoms with Crippen LogP contribution in [-0.2, 0) is 11.3 Å². The Labute approximate surface area is 72.8 Å². The Kier molecular flexibility index (Phi) is 2.76. The number of ether oxygens (including phenoxy) is 1. The summed E-state index contributed by atoms with van der Waals surface area (Å²) in [5, 5.41) is 7.44. The highest BCUT2D eigenvalue weighted by atomic mass is 16.5. The Morgan fingerprint density at radius 3 is 2.58 bits per heavy atom. The van der Waals surface area contributed by atoms with Crippen LogP contribution in [0.25, 0.3) is 0 Å². The van der Waals surface area contributed by atoms with E-state index in [9.17, 15) is 0 Å². The zero-order valence-corrected chi connectivity index (χ0v) is 7.74. The van der Waals surface area contributed by atoms with E-state index in [0.717, 1.165) is 5.56 Å². The summed E-state index contributed by atoms with van der Waals surface area (Å²) in [5.41, 5.74) is 0.962. The summed E-state index contributed by atoms with van der Waals surface area (Å²) in [7, 11) is 0. The largest absolute Gasteiger partial charge is 0.371 e. The Bertz CT molecular complexity index is 228. The molecule has 0 aromatic carbocycles. The van der Waals surface area contributed by atoms with Gasteiger partial charge in [-0.3, -0.25) is 0 Å². The molecule has 1 rings (SSSR count). The van der Waals surface area contributed by atoms with Gasteiger partial charge in [0.2, 0.25) is 0 Å². The molecule has 1 heterocycles. The molecule has 3 heteroatoms. The van der Waals surface area contributed by atoms with Crippen LogP contribution in [0.2, 0.25) is 0 Å². The van der Waals surface area contributed by atoms with Gasteiger partial charge in [-0.15, -0.1) is 0 Å². The minimum atomic E-state index is -0.0940. The second kappa shape index (κ2) is 3.63. The minimum Gasteiger partial charge on any atom is -0.371 e. The van der Waals surface area contributed by atoms with Crippen LogP contribution in [0.1, 0.15) is 26.3 Å². The Hall–Kier alpha value is -0.960. The molecule has 0 N–H and O–H groups in total. The minimum absolute atomic E-state index is 0.0940. The van der Waals surface area contributed by atoms with Crippen molar-refractivity contribution in [3.05, 3.63) is 24.0 Å². The lowest BCUT2D eigenvalue weighted by Crippen LogP contribution is -2.18. The molecule has 12 heavy (non-hydrogen) atoms. The first-order valence-corrected chi connectivity index (χ1v) is 3.97. The molecule has 66 valence electrons. The third kappa shape index (κ3) is 3.44. The van der Waals surface area contributed by atoms with Gasteiger partial charge in [0.25, 0.3) is 0 Å². The monoisotopic (exact) mass is 166 g/mol. The van der Waals surface area contributed by atoms with Crippen LogP contribution >= 0.6 is 0 Å². The molecule has 0 spiro atoms. The summed E-state index contributed by atoms with van der Waals surface area (Å²) in [6.45, 7) is 6.68. The van der Waals surface area contributed by atoms with Gasteiger partial charge < -0.3 is 4.74 Å². The number of aromatic nitrogens is 2. The van der Waals surface area contributed by atoms with Crippen LogP contribution in [0, 0.1) is 0 Å². The molecule has 0 bridgehead atoms. The Morgan fingerprint density at radius 2 is 2.08 bits per heavy atom. The smallest absolute Gasteiger partial charge is 0.0740 e. The van der Waals surface area contributed by atoms with Crippen molar-refractivity contribution in [2.75, 3.05) is 0 Å². The molecular formula is C9H14N2O. The van der Waals surface area contributed by atoms with Gasteiger partial charge in [0.05, 0.1) is 18.4 Å². The van der Waals surface area contributed by atoms with Gasteiger partial charge in [0.15, 0.2) is 0 Å². The fourth-order valence-corrected chi connectivity index (χ4v) is 0.703. The van der Waals surface area contributed by atoms with Crippen LogP contribution < -0.4 is 0 Å². The first kappa shape index (κ1) is 9.13. The molecule has 0 aliphatic heterocycles. The molecule has 0 saturated carbocycles. The van der Waals surface area contributed by atoms with Crippen LogP contribution in [0.15, 0.2) is 18.5 Å².